The standard InChI is InChI=1S/C8H10BrNO2/c1-12-8-6(9)3-2-5(4-10)7(8)11/h2-3,11H,4,10H2,1H3. The number of phenolic OH excluding ortho intramolecular Hbond substituents is 1. The van der Waals surface area contributed by atoms with Gasteiger partial charge in [0.25, 0.3) is 0 Å². The maximum atomic E-state index is 9.53. The van der Waals surface area contributed by atoms with Crippen molar-refractivity contribution in [2.45, 2.75) is 6.54 Å². The first-order chi connectivity index (χ1) is 5.70. The lowest BCUT2D eigenvalue weighted by atomic mass is 10.2. The van der Waals surface area contributed by atoms with Crippen molar-refractivity contribution in [3.8, 4) is 11.5 Å². The summed E-state index contributed by atoms with van der Waals surface area (Å²) in [4.78, 5) is 0. The minimum absolute atomic E-state index is 0.106. The Kier molecular flexibility index (Phi) is 2.94. The van der Waals surface area contributed by atoms with Gasteiger partial charge >= 0.3 is 0 Å². The van der Waals surface area contributed by atoms with Gasteiger partial charge < -0.3 is 15.6 Å². The first-order valence-electron chi connectivity index (χ1n) is 3.45. The zero-order valence-electron chi connectivity index (χ0n) is 6.67. The molecule has 0 spiro atoms. The number of benzene rings is 1. The highest BCUT2D eigenvalue weighted by atomic mass is 79.9. The molecule has 0 radical (unpaired) electrons. The summed E-state index contributed by atoms with van der Waals surface area (Å²) in [5.41, 5.74) is 6.07. The predicted octanol–water partition coefficient (Wildman–Crippen LogP) is 1.62. The maximum Gasteiger partial charge on any atom is 0.175 e. The number of methoxy groups -OCH3 is 1. The quantitative estimate of drug-likeness (QED) is 0.814. The fourth-order valence-corrected chi connectivity index (χ4v) is 1.43. The van der Waals surface area contributed by atoms with Crippen molar-refractivity contribution in [2.24, 2.45) is 5.73 Å². The molecule has 0 amide bonds. The normalized spacial score (nSPS) is 9.92. The molecule has 66 valence electrons. The van der Waals surface area contributed by atoms with Gasteiger partial charge in [0.2, 0.25) is 0 Å². The lowest BCUT2D eigenvalue weighted by Gasteiger charge is -2.08. The van der Waals surface area contributed by atoms with Gasteiger partial charge in [-0.25, -0.2) is 0 Å². The Balaban J connectivity index is 3.24. The van der Waals surface area contributed by atoms with Crippen LogP contribution in [0.15, 0.2) is 16.6 Å². The Bertz CT molecular complexity index is 289. The zero-order valence-corrected chi connectivity index (χ0v) is 8.26. The highest BCUT2D eigenvalue weighted by molar-refractivity contribution is 9.10. The number of rotatable bonds is 2. The molecule has 1 rings (SSSR count). The topological polar surface area (TPSA) is 55.5 Å². The predicted molar refractivity (Wildman–Crippen MR) is 50.3 cm³/mol. The molecule has 0 unspecified atom stereocenters. The first kappa shape index (κ1) is 9.35. The second kappa shape index (κ2) is 3.78. The number of ether oxygens (including phenoxy) is 1. The number of halogens is 1. The Morgan fingerprint density at radius 3 is 2.75 bits per heavy atom. The SMILES string of the molecule is COc1c(Br)ccc(CN)c1O. The van der Waals surface area contributed by atoms with E-state index in [4.69, 9.17) is 10.5 Å². The first-order valence-corrected chi connectivity index (χ1v) is 4.24. The van der Waals surface area contributed by atoms with Gasteiger partial charge in [-0.15, -0.1) is 0 Å². The van der Waals surface area contributed by atoms with E-state index < -0.39 is 0 Å². The van der Waals surface area contributed by atoms with Crippen LogP contribution in [-0.4, -0.2) is 12.2 Å². The van der Waals surface area contributed by atoms with Gasteiger partial charge in [-0.3, -0.25) is 0 Å². The molecule has 0 bridgehead atoms. The molecule has 0 saturated carbocycles. The number of hydrogen-bond donors (Lipinski definition) is 2. The van der Waals surface area contributed by atoms with E-state index in [1.807, 2.05) is 0 Å². The van der Waals surface area contributed by atoms with Crippen LogP contribution < -0.4 is 10.5 Å². The summed E-state index contributed by atoms with van der Waals surface area (Å²) in [5, 5.41) is 9.53. The Hall–Kier alpha value is -0.740. The molecule has 1 aromatic carbocycles. The average Bonchev–Trinajstić information content (AvgIpc) is 2.06. The van der Waals surface area contributed by atoms with E-state index in [-0.39, 0.29) is 5.75 Å². The zero-order chi connectivity index (χ0) is 9.14. The molecule has 0 heterocycles. The van der Waals surface area contributed by atoms with E-state index in [1.165, 1.54) is 7.11 Å². The van der Waals surface area contributed by atoms with Gasteiger partial charge in [0.1, 0.15) is 0 Å². The van der Waals surface area contributed by atoms with Crippen LogP contribution in [0.25, 0.3) is 0 Å². The van der Waals surface area contributed by atoms with Crippen molar-refractivity contribution in [3.63, 3.8) is 0 Å². The van der Waals surface area contributed by atoms with Gasteiger partial charge in [-0.2, -0.15) is 0 Å². The molecular formula is C8H10BrNO2. The Morgan fingerprint density at radius 1 is 1.58 bits per heavy atom. The number of aromatic hydroxyl groups is 1. The summed E-state index contributed by atoms with van der Waals surface area (Å²) in [6.07, 6.45) is 0. The molecule has 0 aliphatic heterocycles. The number of hydrogen-bond acceptors (Lipinski definition) is 3. The highest BCUT2D eigenvalue weighted by Crippen LogP contribution is 2.36. The van der Waals surface area contributed by atoms with Gasteiger partial charge in [0, 0.05) is 12.1 Å². The summed E-state index contributed by atoms with van der Waals surface area (Å²) >= 11 is 3.24. The summed E-state index contributed by atoms with van der Waals surface area (Å²) in [6, 6.07) is 3.54. The highest BCUT2D eigenvalue weighted by Gasteiger charge is 2.09. The van der Waals surface area contributed by atoms with Crippen molar-refractivity contribution in [1.29, 1.82) is 0 Å². The van der Waals surface area contributed by atoms with Crippen LogP contribution in [0.1, 0.15) is 5.56 Å². The fourth-order valence-electron chi connectivity index (χ4n) is 0.946. The third kappa shape index (κ3) is 1.54. The molecule has 0 atom stereocenters. The summed E-state index contributed by atoms with van der Waals surface area (Å²) in [7, 11) is 1.50. The fraction of sp³-hybridized carbons (Fsp3) is 0.250. The Morgan fingerprint density at radius 2 is 2.25 bits per heavy atom. The molecule has 1 aromatic rings. The van der Waals surface area contributed by atoms with Crippen molar-refractivity contribution in [1.82, 2.24) is 0 Å². The lowest BCUT2D eigenvalue weighted by Crippen LogP contribution is -1.98. The Labute approximate surface area is 79.3 Å². The van der Waals surface area contributed by atoms with Crippen LogP contribution in [-0.2, 0) is 6.54 Å². The summed E-state index contributed by atoms with van der Waals surface area (Å²) in [5.74, 6) is 0.535. The van der Waals surface area contributed by atoms with E-state index in [0.29, 0.717) is 17.9 Å². The third-order valence-corrected chi connectivity index (χ3v) is 2.22. The number of phenols is 1. The summed E-state index contributed by atoms with van der Waals surface area (Å²) in [6.45, 7) is 0.301. The molecule has 3 nitrogen and oxygen atoms in total. The van der Waals surface area contributed by atoms with Crippen molar-refractivity contribution in [2.75, 3.05) is 7.11 Å². The van der Waals surface area contributed by atoms with Crippen LogP contribution in [0, 0.1) is 0 Å². The van der Waals surface area contributed by atoms with E-state index in [9.17, 15) is 5.11 Å². The second-order valence-corrected chi connectivity index (χ2v) is 3.15. The van der Waals surface area contributed by atoms with Crippen LogP contribution in [0.4, 0.5) is 0 Å². The van der Waals surface area contributed by atoms with E-state index in [2.05, 4.69) is 15.9 Å². The molecular weight excluding hydrogens is 222 g/mol. The molecule has 0 aliphatic carbocycles. The monoisotopic (exact) mass is 231 g/mol. The average molecular weight is 232 g/mol. The van der Waals surface area contributed by atoms with Gasteiger partial charge in [-0.1, -0.05) is 6.07 Å². The van der Waals surface area contributed by atoms with E-state index >= 15 is 0 Å². The lowest BCUT2D eigenvalue weighted by molar-refractivity contribution is 0.368. The molecule has 12 heavy (non-hydrogen) atoms. The minimum Gasteiger partial charge on any atom is -0.504 e. The molecule has 4 heteroatoms. The molecule has 0 saturated heterocycles. The second-order valence-electron chi connectivity index (χ2n) is 2.29. The molecule has 3 N–H and O–H groups in total. The van der Waals surface area contributed by atoms with Crippen LogP contribution >= 0.6 is 15.9 Å². The number of nitrogens with two attached hydrogens (primary N) is 1. The third-order valence-electron chi connectivity index (χ3n) is 1.59. The van der Waals surface area contributed by atoms with E-state index in [1.54, 1.807) is 12.1 Å². The maximum absolute atomic E-state index is 9.53. The summed E-state index contributed by atoms with van der Waals surface area (Å²) < 4.78 is 5.69. The van der Waals surface area contributed by atoms with Crippen LogP contribution in [0.2, 0.25) is 0 Å². The minimum atomic E-state index is 0.106. The van der Waals surface area contributed by atoms with Gasteiger partial charge in [-0.05, 0) is 22.0 Å². The molecule has 0 aliphatic rings. The molecule has 0 fully saturated rings. The van der Waals surface area contributed by atoms with Gasteiger partial charge in [0.05, 0.1) is 11.6 Å². The largest absolute Gasteiger partial charge is 0.504 e. The van der Waals surface area contributed by atoms with Crippen molar-refractivity contribution >= 4 is 15.9 Å². The van der Waals surface area contributed by atoms with Crippen LogP contribution in [0.3, 0.4) is 0 Å². The van der Waals surface area contributed by atoms with E-state index in [0.717, 1.165) is 4.47 Å². The van der Waals surface area contributed by atoms with Crippen molar-refractivity contribution in [3.05, 3.63) is 22.2 Å². The van der Waals surface area contributed by atoms with Gasteiger partial charge in [0.15, 0.2) is 11.5 Å². The molecule has 0 aromatic heterocycles. The van der Waals surface area contributed by atoms with Crippen LogP contribution in [0.5, 0.6) is 11.5 Å². The van der Waals surface area contributed by atoms with Crippen molar-refractivity contribution < 1.29 is 9.84 Å². The smallest absolute Gasteiger partial charge is 0.175 e.